The van der Waals surface area contributed by atoms with E-state index in [9.17, 15) is 13.2 Å². The van der Waals surface area contributed by atoms with Crippen LogP contribution in [0, 0.1) is 11.9 Å². The summed E-state index contributed by atoms with van der Waals surface area (Å²) < 4.78 is 44.9. The molecule has 0 bridgehead atoms. The standard InChI is InChI=1S/C18H15F3N3O/c19-13-8-12(9-16(10-13)25-18(20)21)17-2-1-6-23(17)14-4-7-24-15(11-14)3-5-22-24/h4-5,7-11,17-18H,1-2,6H2/t17-/m1/s1. The van der Waals surface area contributed by atoms with E-state index in [1.165, 1.54) is 12.1 Å². The number of ether oxygens (including phenoxy) is 1. The lowest BCUT2D eigenvalue weighted by Crippen LogP contribution is -2.22. The molecule has 0 spiro atoms. The Morgan fingerprint density at radius 2 is 2.12 bits per heavy atom. The van der Waals surface area contributed by atoms with Crippen molar-refractivity contribution < 1.29 is 17.9 Å². The van der Waals surface area contributed by atoms with Crippen LogP contribution in [0.2, 0.25) is 0 Å². The number of nitrogens with zero attached hydrogens (tertiary/aromatic N) is 3. The van der Waals surface area contributed by atoms with Crippen LogP contribution in [0.3, 0.4) is 0 Å². The molecular formula is C18H15F3N3O. The zero-order valence-electron chi connectivity index (χ0n) is 13.2. The number of hydrogen-bond acceptors (Lipinski definition) is 3. The van der Waals surface area contributed by atoms with Gasteiger partial charge in [-0.3, -0.25) is 0 Å². The third-order valence-corrected chi connectivity index (χ3v) is 4.40. The van der Waals surface area contributed by atoms with Crippen molar-refractivity contribution in [2.75, 3.05) is 11.4 Å². The minimum atomic E-state index is -2.98. The first-order chi connectivity index (χ1) is 12.1. The van der Waals surface area contributed by atoms with Crippen LogP contribution in [0.1, 0.15) is 24.4 Å². The fourth-order valence-electron chi connectivity index (χ4n) is 3.40. The van der Waals surface area contributed by atoms with Gasteiger partial charge in [0.1, 0.15) is 11.6 Å². The number of fused-ring (bicyclic) bond motifs is 1. The molecule has 1 saturated heterocycles. The van der Waals surface area contributed by atoms with E-state index in [2.05, 4.69) is 20.8 Å². The molecule has 0 saturated carbocycles. The third kappa shape index (κ3) is 3.14. The second kappa shape index (κ2) is 6.31. The van der Waals surface area contributed by atoms with Gasteiger partial charge < -0.3 is 9.64 Å². The topological polar surface area (TPSA) is 29.8 Å². The van der Waals surface area contributed by atoms with Crippen molar-refractivity contribution in [3.05, 3.63) is 60.2 Å². The highest BCUT2D eigenvalue weighted by Crippen LogP contribution is 2.38. The van der Waals surface area contributed by atoms with Crippen molar-refractivity contribution in [1.82, 2.24) is 9.61 Å². The van der Waals surface area contributed by atoms with Crippen molar-refractivity contribution in [3.8, 4) is 5.75 Å². The van der Waals surface area contributed by atoms with Crippen LogP contribution in [-0.4, -0.2) is 22.8 Å². The Morgan fingerprint density at radius 1 is 1.24 bits per heavy atom. The lowest BCUT2D eigenvalue weighted by molar-refractivity contribution is -0.0500. The number of alkyl halides is 2. The van der Waals surface area contributed by atoms with Gasteiger partial charge in [0, 0.05) is 30.6 Å². The lowest BCUT2D eigenvalue weighted by atomic mass is 10.0. The molecule has 1 fully saturated rings. The first-order valence-corrected chi connectivity index (χ1v) is 7.97. The Hall–Kier alpha value is -2.70. The van der Waals surface area contributed by atoms with E-state index in [0.717, 1.165) is 36.7 Å². The second-order valence-corrected chi connectivity index (χ2v) is 5.95. The van der Waals surface area contributed by atoms with Crippen molar-refractivity contribution in [2.45, 2.75) is 25.5 Å². The molecule has 4 rings (SSSR count). The van der Waals surface area contributed by atoms with E-state index >= 15 is 0 Å². The van der Waals surface area contributed by atoms with Crippen molar-refractivity contribution in [2.24, 2.45) is 0 Å². The summed E-state index contributed by atoms with van der Waals surface area (Å²) in [6.07, 6.45) is 5.18. The first kappa shape index (κ1) is 15.8. The molecule has 0 N–H and O–H groups in total. The average molecular weight is 346 g/mol. The number of anilines is 1. The van der Waals surface area contributed by atoms with Crippen LogP contribution in [-0.2, 0) is 0 Å². The Bertz CT molecular complexity index is 896. The largest absolute Gasteiger partial charge is 0.435 e. The average Bonchev–Trinajstić information content (AvgIpc) is 3.22. The monoisotopic (exact) mass is 346 g/mol. The van der Waals surface area contributed by atoms with E-state index in [4.69, 9.17) is 0 Å². The Balaban J connectivity index is 1.68. The van der Waals surface area contributed by atoms with Gasteiger partial charge in [-0.05, 0) is 42.7 Å². The number of pyridine rings is 1. The van der Waals surface area contributed by atoms with E-state index in [0.29, 0.717) is 5.56 Å². The van der Waals surface area contributed by atoms with Gasteiger partial charge in [0.25, 0.3) is 0 Å². The van der Waals surface area contributed by atoms with Gasteiger partial charge in [-0.25, -0.2) is 8.91 Å². The van der Waals surface area contributed by atoms with Gasteiger partial charge >= 0.3 is 6.61 Å². The molecule has 3 heterocycles. The number of benzene rings is 1. The molecule has 7 heteroatoms. The quantitative estimate of drug-likeness (QED) is 0.709. The molecular weight excluding hydrogens is 331 g/mol. The van der Waals surface area contributed by atoms with E-state index in [1.54, 1.807) is 10.7 Å². The molecule has 0 unspecified atom stereocenters. The molecule has 0 amide bonds. The van der Waals surface area contributed by atoms with Crippen LogP contribution in [0.4, 0.5) is 18.9 Å². The summed E-state index contributed by atoms with van der Waals surface area (Å²) in [7, 11) is 0. The minimum Gasteiger partial charge on any atom is -0.435 e. The molecule has 0 aliphatic carbocycles. The van der Waals surface area contributed by atoms with E-state index in [1.807, 2.05) is 18.3 Å². The Labute approximate surface area is 142 Å². The Morgan fingerprint density at radius 3 is 2.96 bits per heavy atom. The zero-order valence-corrected chi connectivity index (χ0v) is 13.2. The summed E-state index contributed by atoms with van der Waals surface area (Å²) in [6, 6.07) is 10.7. The SMILES string of the molecule is Fc1cc(OC(F)F)cc([C@H]2CCCN2c2ccn3nc[c]c3c2)c1. The fraction of sp³-hybridized carbons (Fsp3) is 0.278. The predicted molar refractivity (Wildman–Crippen MR) is 86.4 cm³/mol. The molecule has 1 aliphatic heterocycles. The van der Waals surface area contributed by atoms with Crippen molar-refractivity contribution >= 4 is 11.2 Å². The first-order valence-electron chi connectivity index (χ1n) is 7.97. The predicted octanol–water partition coefficient (Wildman–Crippen LogP) is 4.22. The minimum absolute atomic E-state index is 0.0962. The number of halogens is 3. The molecule has 1 aliphatic rings. The van der Waals surface area contributed by atoms with Crippen LogP contribution >= 0.6 is 0 Å². The normalized spacial score (nSPS) is 17.6. The van der Waals surface area contributed by atoms with Gasteiger partial charge in [0.2, 0.25) is 0 Å². The van der Waals surface area contributed by atoms with Crippen LogP contribution < -0.4 is 9.64 Å². The Kier molecular flexibility index (Phi) is 3.99. The highest BCUT2D eigenvalue weighted by Gasteiger charge is 2.27. The lowest BCUT2D eigenvalue weighted by Gasteiger charge is -2.27. The van der Waals surface area contributed by atoms with Gasteiger partial charge in [-0.15, -0.1) is 0 Å². The van der Waals surface area contributed by atoms with Crippen molar-refractivity contribution in [1.29, 1.82) is 0 Å². The maximum absolute atomic E-state index is 13.9. The maximum Gasteiger partial charge on any atom is 0.387 e. The highest BCUT2D eigenvalue weighted by molar-refractivity contribution is 5.60. The summed E-state index contributed by atoms with van der Waals surface area (Å²) in [5, 5.41) is 4.12. The number of rotatable bonds is 4. The molecule has 2 aromatic heterocycles. The smallest absolute Gasteiger partial charge is 0.387 e. The second-order valence-electron chi connectivity index (χ2n) is 5.95. The van der Waals surface area contributed by atoms with Crippen LogP contribution in [0.15, 0.2) is 42.7 Å². The number of hydrogen-bond donors (Lipinski definition) is 0. The van der Waals surface area contributed by atoms with E-state index < -0.39 is 12.4 Å². The van der Waals surface area contributed by atoms with E-state index in [-0.39, 0.29) is 11.8 Å². The fourth-order valence-corrected chi connectivity index (χ4v) is 3.40. The molecule has 25 heavy (non-hydrogen) atoms. The summed E-state index contributed by atoms with van der Waals surface area (Å²) >= 11 is 0. The summed E-state index contributed by atoms with van der Waals surface area (Å²) in [5.41, 5.74) is 2.43. The van der Waals surface area contributed by atoms with Gasteiger partial charge in [-0.2, -0.15) is 13.9 Å². The summed E-state index contributed by atoms with van der Waals surface area (Å²) in [5.74, 6) is -0.740. The third-order valence-electron chi connectivity index (χ3n) is 4.40. The maximum atomic E-state index is 13.9. The summed E-state index contributed by atoms with van der Waals surface area (Å²) in [6.45, 7) is -2.18. The molecule has 4 nitrogen and oxygen atoms in total. The molecule has 3 aromatic rings. The number of aromatic nitrogens is 2. The molecule has 1 atom stereocenters. The van der Waals surface area contributed by atoms with Gasteiger partial charge in [0.15, 0.2) is 0 Å². The highest BCUT2D eigenvalue weighted by atomic mass is 19.3. The molecule has 1 aromatic carbocycles. The summed E-state index contributed by atoms with van der Waals surface area (Å²) in [4.78, 5) is 2.14. The van der Waals surface area contributed by atoms with Crippen LogP contribution in [0.25, 0.3) is 5.52 Å². The molecule has 1 radical (unpaired) electrons. The van der Waals surface area contributed by atoms with Gasteiger partial charge in [-0.1, -0.05) is 0 Å². The molecule has 129 valence electrons. The zero-order chi connectivity index (χ0) is 17.4. The van der Waals surface area contributed by atoms with Crippen molar-refractivity contribution in [3.63, 3.8) is 0 Å². The van der Waals surface area contributed by atoms with Crippen LogP contribution in [0.5, 0.6) is 5.75 Å². The van der Waals surface area contributed by atoms with Gasteiger partial charge in [0.05, 0.1) is 17.8 Å².